The summed E-state index contributed by atoms with van der Waals surface area (Å²) in [7, 11) is 1.33. The lowest BCUT2D eigenvalue weighted by Crippen LogP contribution is -2.41. The van der Waals surface area contributed by atoms with E-state index >= 15 is 0 Å². The van der Waals surface area contributed by atoms with E-state index in [4.69, 9.17) is 5.11 Å². The lowest BCUT2D eigenvalue weighted by Gasteiger charge is -2.38. The van der Waals surface area contributed by atoms with E-state index in [9.17, 15) is 4.79 Å². The average Bonchev–Trinajstić information content (AvgIpc) is 2.40. The molecule has 1 heterocycles. The maximum absolute atomic E-state index is 11.5. The number of aliphatic hydroxyl groups is 1. The Morgan fingerprint density at radius 3 is 2.89 bits per heavy atom. The van der Waals surface area contributed by atoms with Gasteiger partial charge in [0.25, 0.3) is 0 Å². The second kappa shape index (κ2) is 6.47. The molecule has 1 saturated carbocycles. The van der Waals surface area contributed by atoms with Gasteiger partial charge in [-0.25, -0.2) is 9.78 Å². The van der Waals surface area contributed by atoms with Crippen molar-refractivity contribution < 1.29 is 14.6 Å². The smallest absolute Gasteiger partial charge is 0.358 e. The van der Waals surface area contributed by atoms with Crippen LogP contribution in [0.1, 0.15) is 36.2 Å². The van der Waals surface area contributed by atoms with Crippen molar-refractivity contribution in [3.05, 3.63) is 18.1 Å². The standard InChI is InChI=1S/C13H19N3O3/c1-19-13(18)11-8-14-9-12(15-11)16(6-3-7-17)10-4-2-5-10/h8-10,17H,2-7H2,1H3. The van der Waals surface area contributed by atoms with Crippen LogP contribution in [0.25, 0.3) is 0 Å². The van der Waals surface area contributed by atoms with E-state index < -0.39 is 5.97 Å². The highest BCUT2D eigenvalue weighted by Crippen LogP contribution is 2.28. The fraction of sp³-hybridized carbons (Fsp3) is 0.615. The number of carbonyl (C=O) groups is 1. The second-order valence-electron chi connectivity index (χ2n) is 4.61. The zero-order chi connectivity index (χ0) is 13.7. The van der Waals surface area contributed by atoms with Crippen LogP contribution < -0.4 is 4.90 Å². The molecule has 0 aromatic carbocycles. The number of rotatable bonds is 6. The number of hydrogen-bond acceptors (Lipinski definition) is 6. The molecule has 0 atom stereocenters. The topological polar surface area (TPSA) is 75.5 Å². The van der Waals surface area contributed by atoms with E-state index in [1.165, 1.54) is 19.7 Å². The minimum Gasteiger partial charge on any atom is -0.464 e. The maximum atomic E-state index is 11.5. The molecule has 0 bridgehead atoms. The van der Waals surface area contributed by atoms with Crippen molar-refractivity contribution in [2.75, 3.05) is 25.2 Å². The second-order valence-corrected chi connectivity index (χ2v) is 4.61. The number of hydrogen-bond donors (Lipinski definition) is 1. The van der Waals surface area contributed by atoms with Gasteiger partial charge in [-0.05, 0) is 25.7 Å². The van der Waals surface area contributed by atoms with Gasteiger partial charge in [0, 0.05) is 19.2 Å². The molecular weight excluding hydrogens is 246 g/mol. The van der Waals surface area contributed by atoms with Crippen LogP contribution in [-0.2, 0) is 4.74 Å². The molecule has 1 aliphatic carbocycles. The Bertz CT molecular complexity index is 435. The Balaban J connectivity index is 2.17. The molecule has 1 aromatic heterocycles. The number of aliphatic hydroxyl groups excluding tert-OH is 1. The predicted octanol–water partition coefficient (Wildman–Crippen LogP) is 1.00. The minimum atomic E-state index is -0.481. The summed E-state index contributed by atoms with van der Waals surface area (Å²) in [6.45, 7) is 0.869. The highest BCUT2D eigenvalue weighted by atomic mass is 16.5. The van der Waals surface area contributed by atoms with E-state index in [1.54, 1.807) is 6.20 Å². The van der Waals surface area contributed by atoms with Gasteiger partial charge in [-0.2, -0.15) is 0 Å². The van der Waals surface area contributed by atoms with Gasteiger partial charge in [-0.3, -0.25) is 4.98 Å². The Morgan fingerprint density at radius 2 is 2.32 bits per heavy atom. The Kier molecular flexibility index (Phi) is 4.68. The van der Waals surface area contributed by atoms with E-state index in [1.807, 2.05) is 0 Å². The molecule has 1 aromatic rings. The van der Waals surface area contributed by atoms with E-state index in [-0.39, 0.29) is 12.3 Å². The zero-order valence-electron chi connectivity index (χ0n) is 11.1. The number of aromatic nitrogens is 2. The third-order valence-corrected chi connectivity index (χ3v) is 3.38. The van der Waals surface area contributed by atoms with E-state index in [0.717, 1.165) is 19.4 Å². The monoisotopic (exact) mass is 265 g/mol. The molecule has 0 radical (unpaired) electrons. The van der Waals surface area contributed by atoms with Crippen molar-refractivity contribution in [2.24, 2.45) is 0 Å². The van der Waals surface area contributed by atoms with Crippen molar-refractivity contribution in [3.8, 4) is 0 Å². The first-order valence-corrected chi connectivity index (χ1v) is 6.54. The van der Waals surface area contributed by atoms with Gasteiger partial charge in [0.1, 0.15) is 5.82 Å². The van der Waals surface area contributed by atoms with Gasteiger partial charge in [-0.15, -0.1) is 0 Å². The van der Waals surface area contributed by atoms with Crippen molar-refractivity contribution in [1.82, 2.24) is 9.97 Å². The summed E-state index contributed by atoms with van der Waals surface area (Å²) in [6.07, 6.45) is 7.19. The highest BCUT2D eigenvalue weighted by Gasteiger charge is 2.26. The molecule has 6 heteroatoms. The van der Waals surface area contributed by atoms with Crippen molar-refractivity contribution in [2.45, 2.75) is 31.7 Å². The summed E-state index contributed by atoms with van der Waals surface area (Å²) in [5.41, 5.74) is 0.216. The third-order valence-electron chi connectivity index (χ3n) is 3.38. The lowest BCUT2D eigenvalue weighted by molar-refractivity contribution is 0.0593. The molecule has 1 aliphatic rings. The van der Waals surface area contributed by atoms with Crippen molar-refractivity contribution in [1.29, 1.82) is 0 Å². The highest BCUT2D eigenvalue weighted by molar-refractivity contribution is 5.87. The molecule has 0 spiro atoms. The number of methoxy groups -OCH3 is 1. The summed E-state index contributed by atoms with van der Waals surface area (Å²) in [6, 6.07) is 0.439. The number of esters is 1. The fourth-order valence-electron chi connectivity index (χ4n) is 2.12. The van der Waals surface area contributed by atoms with Crippen LogP contribution in [0.5, 0.6) is 0 Å². The van der Waals surface area contributed by atoms with Crippen LogP contribution in [0.15, 0.2) is 12.4 Å². The average molecular weight is 265 g/mol. The molecule has 0 saturated heterocycles. The van der Waals surface area contributed by atoms with Gasteiger partial charge in [0.2, 0.25) is 0 Å². The quantitative estimate of drug-likeness (QED) is 0.773. The normalized spacial score (nSPS) is 14.8. The fourth-order valence-corrected chi connectivity index (χ4v) is 2.12. The van der Waals surface area contributed by atoms with Gasteiger partial charge in [0.05, 0.1) is 19.5 Å². The number of anilines is 1. The van der Waals surface area contributed by atoms with Crippen molar-refractivity contribution >= 4 is 11.8 Å². The number of ether oxygens (including phenoxy) is 1. The molecule has 0 unspecified atom stereocenters. The summed E-state index contributed by atoms with van der Waals surface area (Å²) in [5, 5.41) is 8.98. The van der Waals surface area contributed by atoms with Crippen LogP contribution in [0.3, 0.4) is 0 Å². The first-order valence-electron chi connectivity index (χ1n) is 6.54. The lowest BCUT2D eigenvalue weighted by atomic mass is 9.91. The Morgan fingerprint density at radius 1 is 1.53 bits per heavy atom. The molecule has 1 fully saturated rings. The predicted molar refractivity (Wildman–Crippen MR) is 70.1 cm³/mol. The molecule has 2 rings (SSSR count). The van der Waals surface area contributed by atoms with E-state index in [2.05, 4.69) is 19.6 Å². The van der Waals surface area contributed by atoms with Gasteiger partial charge >= 0.3 is 5.97 Å². The SMILES string of the molecule is COC(=O)c1cncc(N(CCCO)C2CCC2)n1. The van der Waals surface area contributed by atoms with Gasteiger partial charge < -0.3 is 14.7 Å². The van der Waals surface area contributed by atoms with Crippen LogP contribution in [-0.4, -0.2) is 47.3 Å². The third kappa shape index (κ3) is 3.20. The molecular formula is C13H19N3O3. The largest absolute Gasteiger partial charge is 0.464 e. The van der Waals surface area contributed by atoms with Crippen LogP contribution in [0.4, 0.5) is 5.82 Å². The summed E-state index contributed by atoms with van der Waals surface area (Å²) >= 11 is 0. The molecule has 6 nitrogen and oxygen atoms in total. The Labute approximate surface area is 112 Å². The minimum absolute atomic E-state index is 0.146. The van der Waals surface area contributed by atoms with Gasteiger partial charge in [0.15, 0.2) is 5.69 Å². The first kappa shape index (κ1) is 13.7. The van der Waals surface area contributed by atoms with Crippen molar-refractivity contribution in [3.63, 3.8) is 0 Å². The molecule has 104 valence electrons. The first-order chi connectivity index (χ1) is 9.26. The van der Waals surface area contributed by atoms with E-state index in [0.29, 0.717) is 18.3 Å². The van der Waals surface area contributed by atoms with Gasteiger partial charge in [-0.1, -0.05) is 0 Å². The number of carbonyl (C=O) groups excluding carboxylic acids is 1. The Hall–Kier alpha value is -1.69. The number of nitrogens with zero attached hydrogens (tertiary/aromatic N) is 3. The van der Waals surface area contributed by atoms with Crippen LogP contribution in [0.2, 0.25) is 0 Å². The molecule has 1 N–H and O–H groups in total. The summed E-state index contributed by atoms with van der Waals surface area (Å²) < 4.78 is 4.65. The molecule has 0 amide bonds. The van der Waals surface area contributed by atoms with Crippen LogP contribution >= 0.6 is 0 Å². The molecule has 19 heavy (non-hydrogen) atoms. The zero-order valence-corrected chi connectivity index (χ0v) is 11.1. The maximum Gasteiger partial charge on any atom is 0.358 e. The van der Waals surface area contributed by atoms with Crippen LogP contribution in [0, 0.1) is 0 Å². The summed E-state index contributed by atoms with van der Waals surface area (Å²) in [5.74, 6) is 0.200. The molecule has 0 aliphatic heterocycles. The summed E-state index contributed by atoms with van der Waals surface area (Å²) in [4.78, 5) is 22.0.